The van der Waals surface area contributed by atoms with Gasteiger partial charge < -0.3 is 14.4 Å². The van der Waals surface area contributed by atoms with E-state index in [0.29, 0.717) is 37.7 Å². The highest BCUT2D eigenvalue weighted by Crippen LogP contribution is 2.34. The van der Waals surface area contributed by atoms with Crippen LogP contribution in [0, 0.1) is 11.7 Å². The van der Waals surface area contributed by atoms with Gasteiger partial charge in [0.1, 0.15) is 11.6 Å². The van der Waals surface area contributed by atoms with E-state index >= 15 is 0 Å². The van der Waals surface area contributed by atoms with Crippen LogP contribution in [0.4, 0.5) is 9.18 Å². The Labute approximate surface area is 216 Å². The Bertz CT molecular complexity index is 1060. The highest BCUT2D eigenvalue weighted by Gasteiger charge is 2.35. The van der Waals surface area contributed by atoms with E-state index in [9.17, 15) is 14.0 Å². The predicted octanol–water partition coefficient (Wildman–Crippen LogP) is 4.39. The van der Waals surface area contributed by atoms with Crippen molar-refractivity contribution in [2.45, 2.75) is 12.3 Å². The molecule has 7 nitrogen and oxygen atoms in total. The third-order valence-electron chi connectivity index (χ3n) is 6.63. The molecule has 0 N–H and O–H groups in total. The number of morpholine rings is 1. The molecule has 2 aromatic carbocycles. The first-order valence-electron chi connectivity index (χ1n) is 12.1. The lowest BCUT2D eigenvalue weighted by Gasteiger charge is -2.27. The van der Waals surface area contributed by atoms with Crippen LogP contribution in [0.5, 0.6) is 5.75 Å². The molecule has 0 aromatic heterocycles. The second kappa shape index (κ2) is 12.3. The molecule has 9 heteroatoms. The van der Waals surface area contributed by atoms with Crippen molar-refractivity contribution in [2.24, 2.45) is 5.92 Å². The first kappa shape index (κ1) is 26.1. The second-order valence-corrected chi connectivity index (χ2v) is 9.54. The lowest BCUT2D eigenvalue weighted by molar-refractivity contribution is -0.130. The van der Waals surface area contributed by atoms with Gasteiger partial charge in [0.05, 0.1) is 13.2 Å². The molecule has 0 aliphatic carbocycles. The highest BCUT2D eigenvalue weighted by atomic mass is 35.5. The zero-order valence-electron chi connectivity index (χ0n) is 20.3. The molecule has 2 atom stereocenters. The summed E-state index contributed by atoms with van der Waals surface area (Å²) in [7, 11) is 1.60. The number of halogens is 2. The van der Waals surface area contributed by atoms with Gasteiger partial charge in [-0.3, -0.25) is 14.6 Å². The third kappa shape index (κ3) is 7.06. The maximum absolute atomic E-state index is 13.1. The molecule has 192 valence electrons. The van der Waals surface area contributed by atoms with E-state index in [1.165, 1.54) is 29.2 Å². The van der Waals surface area contributed by atoms with Crippen LogP contribution in [-0.2, 0) is 9.53 Å². The van der Waals surface area contributed by atoms with Crippen molar-refractivity contribution in [1.82, 2.24) is 14.7 Å². The van der Waals surface area contributed by atoms with Crippen molar-refractivity contribution >= 4 is 23.6 Å². The second-order valence-electron chi connectivity index (χ2n) is 9.10. The van der Waals surface area contributed by atoms with Crippen molar-refractivity contribution in [3.63, 3.8) is 0 Å². The number of rotatable bonds is 7. The molecule has 0 radical (unpaired) electrons. The van der Waals surface area contributed by atoms with E-state index in [-0.39, 0.29) is 23.5 Å². The standard InChI is InChI=1S/C27H31ClFN3O4/c1-30(27(34)36-24-8-6-23(29)7-9-24)12-10-21-18-32(19-25(21)20-2-4-22(28)5-3-20)26(33)11-13-31-14-16-35-17-15-31/h2-10,12,21,25H,11,13-19H2,1H3. The Hall–Kier alpha value is -2.94. The van der Waals surface area contributed by atoms with Crippen LogP contribution >= 0.6 is 11.6 Å². The number of hydrogen-bond acceptors (Lipinski definition) is 5. The number of benzene rings is 2. The smallest absolute Gasteiger partial charge is 0.410 e. The van der Waals surface area contributed by atoms with Crippen molar-refractivity contribution in [2.75, 3.05) is 53.0 Å². The molecule has 36 heavy (non-hydrogen) atoms. The number of carbonyl (C=O) groups excluding carboxylic acids is 2. The number of ether oxygens (including phenoxy) is 2. The SMILES string of the molecule is CN(C=CC1CN(C(=O)CCN2CCOCC2)CC1c1ccc(Cl)cc1)C(=O)Oc1ccc(F)cc1. The molecule has 0 saturated carbocycles. The van der Waals surface area contributed by atoms with E-state index in [1.54, 1.807) is 13.2 Å². The molecule has 0 bridgehead atoms. The maximum Gasteiger partial charge on any atom is 0.418 e. The Morgan fingerprint density at radius 2 is 1.81 bits per heavy atom. The first-order chi connectivity index (χ1) is 17.4. The molecular weight excluding hydrogens is 485 g/mol. The van der Waals surface area contributed by atoms with Crippen molar-refractivity contribution < 1.29 is 23.5 Å². The molecule has 2 heterocycles. The van der Waals surface area contributed by atoms with Gasteiger partial charge in [0, 0.05) is 69.3 Å². The van der Waals surface area contributed by atoms with Gasteiger partial charge in [-0.05, 0) is 42.0 Å². The summed E-state index contributed by atoms with van der Waals surface area (Å²) in [4.78, 5) is 31.0. The average Bonchev–Trinajstić information content (AvgIpc) is 3.32. The molecule has 2 aromatic rings. The summed E-state index contributed by atoms with van der Waals surface area (Å²) in [6, 6.07) is 13.0. The van der Waals surface area contributed by atoms with E-state index in [1.807, 2.05) is 35.2 Å². The molecular formula is C27H31ClFN3O4. The zero-order chi connectivity index (χ0) is 25.5. The van der Waals surface area contributed by atoms with Crippen LogP contribution in [-0.4, -0.2) is 79.7 Å². The molecule has 2 amide bonds. The van der Waals surface area contributed by atoms with Crippen molar-refractivity contribution in [3.05, 3.63) is 77.2 Å². The summed E-state index contributed by atoms with van der Waals surface area (Å²) in [6.45, 7) is 5.01. The topological polar surface area (TPSA) is 62.3 Å². The molecule has 2 saturated heterocycles. The average molecular weight is 516 g/mol. The van der Waals surface area contributed by atoms with Gasteiger partial charge in [0.15, 0.2) is 0 Å². The number of amides is 2. The van der Waals surface area contributed by atoms with Gasteiger partial charge in [0.2, 0.25) is 5.91 Å². The largest absolute Gasteiger partial charge is 0.418 e. The minimum absolute atomic E-state index is 0.0135. The van der Waals surface area contributed by atoms with Gasteiger partial charge in [-0.2, -0.15) is 0 Å². The Morgan fingerprint density at radius 3 is 2.50 bits per heavy atom. The fourth-order valence-electron chi connectivity index (χ4n) is 4.50. The van der Waals surface area contributed by atoms with Crippen LogP contribution < -0.4 is 4.74 Å². The van der Waals surface area contributed by atoms with Gasteiger partial charge in [-0.1, -0.05) is 29.8 Å². The summed E-state index contributed by atoms with van der Waals surface area (Å²) in [6.07, 6.45) is 3.49. The van der Waals surface area contributed by atoms with Crippen LogP contribution in [0.25, 0.3) is 0 Å². The fraction of sp³-hybridized carbons (Fsp3) is 0.407. The summed E-state index contributed by atoms with van der Waals surface area (Å²) in [5, 5.41) is 0.658. The minimum atomic E-state index is -0.586. The number of nitrogens with zero attached hydrogens (tertiary/aromatic N) is 3. The van der Waals surface area contributed by atoms with Gasteiger partial charge in [0.25, 0.3) is 0 Å². The van der Waals surface area contributed by atoms with Crippen LogP contribution in [0.1, 0.15) is 17.9 Å². The monoisotopic (exact) mass is 515 g/mol. The third-order valence-corrected chi connectivity index (χ3v) is 6.88. The fourth-order valence-corrected chi connectivity index (χ4v) is 4.63. The molecule has 0 spiro atoms. The first-order valence-corrected chi connectivity index (χ1v) is 12.5. The van der Waals surface area contributed by atoms with Crippen LogP contribution in [0.2, 0.25) is 5.02 Å². The highest BCUT2D eigenvalue weighted by molar-refractivity contribution is 6.30. The van der Waals surface area contributed by atoms with E-state index in [4.69, 9.17) is 21.1 Å². The van der Waals surface area contributed by atoms with Crippen molar-refractivity contribution in [1.29, 1.82) is 0 Å². The molecule has 2 aliphatic rings. The van der Waals surface area contributed by atoms with Crippen LogP contribution in [0.3, 0.4) is 0 Å². The van der Waals surface area contributed by atoms with E-state index in [0.717, 1.165) is 25.2 Å². The zero-order valence-corrected chi connectivity index (χ0v) is 21.1. The Morgan fingerprint density at radius 1 is 1.11 bits per heavy atom. The molecule has 2 aliphatic heterocycles. The molecule has 2 fully saturated rings. The Kier molecular flexibility index (Phi) is 8.96. The quantitative estimate of drug-likeness (QED) is 0.547. The summed E-state index contributed by atoms with van der Waals surface area (Å²) < 4.78 is 23.8. The Balaban J connectivity index is 1.40. The van der Waals surface area contributed by atoms with Crippen LogP contribution in [0.15, 0.2) is 60.8 Å². The predicted molar refractivity (Wildman–Crippen MR) is 135 cm³/mol. The molecule has 4 rings (SSSR count). The van der Waals surface area contributed by atoms with E-state index in [2.05, 4.69) is 4.90 Å². The minimum Gasteiger partial charge on any atom is -0.410 e. The maximum atomic E-state index is 13.1. The number of hydrogen-bond donors (Lipinski definition) is 0. The lowest BCUT2D eigenvalue weighted by atomic mass is 9.89. The van der Waals surface area contributed by atoms with Gasteiger partial charge in [-0.25, -0.2) is 9.18 Å². The lowest BCUT2D eigenvalue weighted by Crippen LogP contribution is -2.39. The summed E-state index contributed by atoms with van der Waals surface area (Å²) in [5.41, 5.74) is 1.09. The van der Waals surface area contributed by atoms with Gasteiger partial charge in [-0.15, -0.1) is 0 Å². The van der Waals surface area contributed by atoms with Crippen molar-refractivity contribution in [3.8, 4) is 5.75 Å². The van der Waals surface area contributed by atoms with E-state index < -0.39 is 11.9 Å². The summed E-state index contributed by atoms with van der Waals surface area (Å²) >= 11 is 6.09. The van der Waals surface area contributed by atoms with Gasteiger partial charge >= 0.3 is 6.09 Å². The summed E-state index contributed by atoms with van der Waals surface area (Å²) in [5.74, 6) is 0.0764. The normalized spacial score (nSPS) is 20.6. The number of carbonyl (C=O) groups is 2. The number of likely N-dealkylation sites (tertiary alicyclic amines) is 1. The molecule has 2 unspecified atom stereocenters.